The molecule has 0 unspecified atom stereocenters. The summed E-state index contributed by atoms with van der Waals surface area (Å²) in [5.41, 5.74) is 5.60. The van der Waals surface area contributed by atoms with Crippen molar-refractivity contribution >= 4 is 35.0 Å². The minimum absolute atomic E-state index is 0.0637. The van der Waals surface area contributed by atoms with Gasteiger partial charge in [-0.05, 0) is 35.9 Å². The maximum Gasteiger partial charge on any atom is 0.240 e. The lowest BCUT2D eigenvalue weighted by atomic mass is 10.0. The number of methoxy groups -OCH3 is 1. The lowest BCUT2D eigenvalue weighted by Crippen LogP contribution is -2.41. The second kappa shape index (κ2) is 9.36. The summed E-state index contributed by atoms with van der Waals surface area (Å²) in [5, 5.41) is 11.4. The van der Waals surface area contributed by atoms with Crippen LogP contribution >= 0.6 is 23.4 Å². The number of rotatable bonds is 5. The summed E-state index contributed by atoms with van der Waals surface area (Å²) in [4.78, 5) is 13.4. The van der Waals surface area contributed by atoms with Gasteiger partial charge in [0.25, 0.3) is 0 Å². The average molecular weight is 496 g/mol. The first-order valence-corrected chi connectivity index (χ1v) is 11.6. The molecule has 1 amide bonds. The Kier molecular flexibility index (Phi) is 6.12. The molecular weight excluding hydrogens is 477 g/mol. The molecule has 34 heavy (non-hydrogen) atoms. The van der Waals surface area contributed by atoms with Crippen molar-refractivity contribution < 1.29 is 13.9 Å². The van der Waals surface area contributed by atoms with Crippen LogP contribution in [0.5, 0.6) is 5.75 Å². The zero-order chi connectivity index (χ0) is 23.7. The largest absolute Gasteiger partial charge is 0.497 e. The van der Waals surface area contributed by atoms with Gasteiger partial charge in [-0.2, -0.15) is 0 Å². The number of fused-ring (bicyclic) bond motifs is 1. The van der Waals surface area contributed by atoms with Crippen LogP contribution in [0.25, 0.3) is 11.4 Å². The van der Waals surface area contributed by atoms with Gasteiger partial charge >= 0.3 is 0 Å². The minimum atomic E-state index is -0.599. The normalized spacial score (nSPS) is 16.9. The highest BCUT2D eigenvalue weighted by molar-refractivity contribution is 8.00. The third-order valence-electron chi connectivity index (χ3n) is 5.39. The Morgan fingerprint density at radius 2 is 1.88 bits per heavy atom. The van der Waals surface area contributed by atoms with Crippen LogP contribution < -0.4 is 15.5 Å². The van der Waals surface area contributed by atoms with Crippen LogP contribution in [-0.4, -0.2) is 33.1 Å². The van der Waals surface area contributed by atoms with E-state index in [9.17, 15) is 9.18 Å². The van der Waals surface area contributed by atoms with Gasteiger partial charge in [0.2, 0.25) is 11.1 Å². The summed E-state index contributed by atoms with van der Waals surface area (Å²) < 4.78 is 20.6. The van der Waals surface area contributed by atoms with Crippen molar-refractivity contribution in [3.63, 3.8) is 0 Å². The van der Waals surface area contributed by atoms with Crippen LogP contribution in [0.1, 0.15) is 11.6 Å². The molecule has 0 saturated carbocycles. The lowest BCUT2D eigenvalue weighted by Gasteiger charge is -2.33. The molecule has 10 heteroatoms. The highest BCUT2D eigenvalue weighted by atomic mass is 35.5. The van der Waals surface area contributed by atoms with Crippen LogP contribution in [0.2, 0.25) is 5.02 Å². The van der Waals surface area contributed by atoms with E-state index in [-0.39, 0.29) is 10.9 Å². The number of aromatic nitrogens is 3. The number of nitrogens with zero attached hydrogens (tertiary/aromatic N) is 3. The van der Waals surface area contributed by atoms with Crippen molar-refractivity contribution in [1.82, 2.24) is 14.9 Å². The molecule has 2 heterocycles. The van der Waals surface area contributed by atoms with Gasteiger partial charge in [-0.15, -0.1) is 10.2 Å². The van der Waals surface area contributed by atoms with Crippen molar-refractivity contribution in [3.8, 4) is 17.1 Å². The highest BCUT2D eigenvalue weighted by Gasteiger charge is 2.38. The van der Waals surface area contributed by atoms with Crippen molar-refractivity contribution in [3.05, 3.63) is 89.2 Å². The van der Waals surface area contributed by atoms with Crippen LogP contribution in [0.3, 0.4) is 0 Å². The molecule has 0 aliphatic carbocycles. The first-order chi connectivity index (χ1) is 16.5. The fourth-order valence-corrected chi connectivity index (χ4v) is 4.94. The second-order valence-corrected chi connectivity index (χ2v) is 9.06. The fourth-order valence-electron chi connectivity index (χ4n) is 3.68. The molecule has 172 valence electrons. The molecule has 1 aliphatic rings. The van der Waals surface area contributed by atoms with Crippen LogP contribution in [-0.2, 0) is 4.79 Å². The van der Waals surface area contributed by atoms with Gasteiger partial charge < -0.3 is 15.5 Å². The third-order valence-corrected chi connectivity index (χ3v) is 6.89. The Balaban J connectivity index is 1.50. The van der Waals surface area contributed by atoms with Gasteiger partial charge in [0.1, 0.15) is 16.8 Å². The third kappa shape index (κ3) is 4.32. The quantitative estimate of drug-likeness (QED) is 0.399. The van der Waals surface area contributed by atoms with E-state index in [4.69, 9.17) is 16.3 Å². The topological polar surface area (TPSA) is 81.1 Å². The Morgan fingerprint density at radius 3 is 2.59 bits per heavy atom. The predicted molar refractivity (Wildman–Crippen MR) is 130 cm³/mol. The van der Waals surface area contributed by atoms with E-state index < -0.39 is 17.1 Å². The molecule has 1 aromatic heterocycles. The number of carbonyl (C=O) groups is 1. The van der Waals surface area contributed by atoms with E-state index in [1.165, 1.54) is 30.0 Å². The number of thioether (sulfide) groups is 1. The van der Waals surface area contributed by atoms with E-state index in [0.29, 0.717) is 22.4 Å². The lowest BCUT2D eigenvalue weighted by molar-refractivity contribution is -0.116. The first-order valence-electron chi connectivity index (χ1n) is 10.4. The molecule has 2 N–H and O–H groups in total. The van der Waals surface area contributed by atoms with Gasteiger partial charge in [-0.1, -0.05) is 65.8 Å². The van der Waals surface area contributed by atoms with Gasteiger partial charge in [-0.25, -0.2) is 9.07 Å². The van der Waals surface area contributed by atoms with Crippen molar-refractivity contribution in [2.45, 2.75) is 16.4 Å². The summed E-state index contributed by atoms with van der Waals surface area (Å²) in [6.07, 6.45) is 0. The Morgan fingerprint density at radius 1 is 1.12 bits per heavy atom. The number of carbonyl (C=O) groups excluding carboxylic acids is 1. The molecule has 7 nitrogen and oxygen atoms in total. The predicted octanol–water partition coefficient (Wildman–Crippen LogP) is 5.14. The fraction of sp³-hybridized carbons (Fsp3) is 0.125. The molecule has 0 spiro atoms. The van der Waals surface area contributed by atoms with E-state index in [1.54, 1.807) is 11.8 Å². The van der Waals surface area contributed by atoms with E-state index >= 15 is 0 Å². The van der Waals surface area contributed by atoms with Crippen molar-refractivity contribution in [2.75, 3.05) is 17.9 Å². The monoisotopic (exact) mass is 495 g/mol. The summed E-state index contributed by atoms with van der Waals surface area (Å²) in [6.45, 7) is 0. The molecule has 5 rings (SSSR count). The summed E-state index contributed by atoms with van der Waals surface area (Å²) in [6, 6.07) is 20.8. The Bertz CT molecular complexity index is 1330. The molecule has 0 bridgehead atoms. The molecular formula is C24H19ClFN5O2S. The van der Waals surface area contributed by atoms with Crippen LogP contribution in [0.15, 0.2) is 78.0 Å². The van der Waals surface area contributed by atoms with Gasteiger partial charge in [0.05, 0.1) is 18.2 Å². The summed E-state index contributed by atoms with van der Waals surface area (Å²) in [7, 11) is 1.60. The van der Waals surface area contributed by atoms with Crippen molar-refractivity contribution in [1.29, 1.82) is 0 Å². The second-order valence-electron chi connectivity index (χ2n) is 7.54. The number of nitrogens with one attached hydrogen (secondary N) is 2. The number of hydrogen-bond donors (Lipinski definition) is 2. The molecule has 0 saturated heterocycles. The zero-order valence-corrected chi connectivity index (χ0v) is 19.5. The Hall–Kier alpha value is -3.56. The van der Waals surface area contributed by atoms with Crippen LogP contribution in [0, 0.1) is 5.82 Å². The average Bonchev–Trinajstić information content (AvgIpc) is 3.29. The standard InChI is InChI=1S/C24H19ClFN5O2S/c1-33-17-10-7-14(8-11-17)20-21(23(32)27-16-9-12-19(26)18(25)13-16)34-24-29-28-22(31(24)30-20)15-5-3-2-4-6-15/h2-13,20-21,30H,1H3,(H,27,32)/t20-,21-/m1/s1. The van der Waals surface area contributed by atoms with E-state index in [2.05, 4.69) is 20.9 Å². The molecule has 2 atom stereocenters. The van der Waals surface area contributed by atoms with Gasteiger partial charge in [0, 0.05) is 11.3 Å². The molecule has 1 aliphatic heterocycles. The number of amides is 1. The molecule has 0 fully saturated rings. The maximum atomic E-state index is 13.6. The molecule has 3 aromatic carbocycles. The van der Waals surface area contributed by atoms with Gasteiger partial charge in [0.15, 0.2) is 5.82 Å². The number of ether oxygens (including phenoxy) is 1. The molecule has 0 radical (unpaired) electrons. The van der Waals surface area contributed by atoms with Crippen LogP contribution in [0.4, 0.5) is 10.1 Å². The maximum absolute atomic E-state index is 13.6. The SMILES string of the molecule is COc1ccc([C@H]2Nn3c(nnc3-c3ccccc3)S[C@H]2C(=O)Nc2ccc(F)c(Cl)c2)cc1. The summed E-state index contributed by atoms with van der Waals surface area (Å²) >= 11 is 7.18. The zero-order valence-electron chi connectivity index (χ0n) is 17.9. The number of benzene rings is 3. The smallest absolute Gasteiger partial charge is 0.240 e. The van der Waals surface area contributed by atoms with Crippen molar-refractivity contribution in [2.24, 2.45) is 0 Å². The number of halogens is 2. The first kappa shape index (κ1) is 22.2. The van der Waals surface area contributed by atoms with Gasteiger partial charge in [-0.3, -0.25) is 4.79 Å². The highest BCUT2D eigenvalue weighted by Crippen LogP contribution is 2.39. The van der Waals surface area contributed by atoms with E-state index in [0.717, 1.165) is 11.1 Å². The van der Waals surface area contributed by atoms with E-state index in [1.807, 2.05) is 54.6 Å². The minimum Gasteiger partial charge on any atom is -0.497 e. The molecule has 4 aromatic rings. The number of hydrogen-bond acceptors (Lipinski definition) is 6. The number of anilines is 1. The Labute approximate surface area is 204 Å². The summed E-state index contributed by atoms with van der Waals surface area (Å²) in [5.74, 6) is 0.525.